The predicted molar refractivity (Wildman–Crippen MR) is 95.1 cm³/mol. The number of benzene rings is 2. The van der Waals surface area contributed by atoms with Gasteiger partial charge in [-0.15, -0.1) is 0 Å². The molecule has 0 bridgehead atoms. The smallest absolute Gasteiger partial charge is 0.255 e. The fraction of sp³-hybridized carbons (Fsp3) is 0.278. The number of sulfonamides is 1. The summed E-state index contributed by atoms with van der Waals surface area (Å²) in [6.07, 6.45) is 0. The molecule has 1 fully saturated rings. The maximum Gasteiger partial charge on any atom is 0.255 e. The first kappa shape index (κ1) is 18.5. The lowest BCUT2D eigenvalue weighted by molar-refractivity contribution is 0.0730. The number of morpholine rings is 1. The number of nitrogens with zero attached hydrogens (tertiary/aromatic N) is 1. The molecule has 26 heavy (non-hydrogen) atoms. The molecule has 0 radical (unpaired) electrons. The van der Waals surface area contributed by atoms with E-state index in [1.807, 2.05) is 0 Å². The van der Waals surface area contributed by atoms with E-state index in [1.165, 1.54) is 40.7 Å². The van der Waals surface area contributed by atoms with Crippen LogP contribution in [0.15, 0.2) is 47.4 Å². The quantitative estimate of drug-likeness (QED) is 0.887. The molecule has 2 aromatic carbocycles. The zero-order valence-corrected chi connectivity index (χ0v) is 15.1. The Morgan fingerprint density at radius 1 is 1.15 bits per heavy atom. The minimum Gasteiger partial charge on any atom is -0.379 e. The van der Waals surface area contributed by atoms with Gasteiger partial charge in [-0.3, -0.25) is 4.79 Å². The molecule has 0 aromatic heterocycles. The van der Waals surface area contributed by atoms with Crippen molar-refractivity contribution in [2.75, 3.05) is 31.6 Å². The SMILES string of the molecule is Cc1ccc(F)c(NC(=O)c2cccc(S(=O)(=O)N3CCOCC3)c2)c1. The van der Waals surface area contributed by atoms with Gasteiger partial charge < -0.3 is 10.1 Å². The number of carbonyl (C=O) groups excluding carboxylic acids is 1. The molecule has 0 saturated carbocycles. The third kappa shape index (κ3) is 3.92. The number of halogens is 1. The fourth-order valence-corrected chi connectivity index (χ4v) is 4.12. The van der Waals surface area contributed by atoms with Crippen molar-refractivity contribution in [2.24, 2.45) is 0 Å². The van der Waals surface area contributed by atoms with Gasteiger partial charge in [0.1, 0.15) is 5.82 Å². The number of rotatable bonds is 4. The van der Waals surface area contributed by atoms with E-state index in [-0.39, 0.29) is 29.2 Å². The Labute approximate surface area is 151 Å². The summed E-state index contributed by atoms with van der Waals surface area (Å²) in [4.78, 5) is 12.5. The molecule has 1 saturated heterocycles. The van der Waals surface area contributed by atoms with Crippen LogP contribution < -0.4 is 5.32 Å². The van der Waals surface area contributed by atoms with Gasteiger partial charge in [-0.25, -0.2) is 12.8 Å². The number of hydrogen-bond donors (Lipinski definition) is 1. The van der Waals surface area contributed by atoms with Crippen molar-refractivity contribution in [2.45, 2.75) is 11.8 Å². The zero-order chi connectivity index (χ0) is 18.7. The first-order valence-electron chi connectivity index (χ1n) is 8.13. The summed E-state index contributed by atoms with van der Waals surface area (Å²) < 4.78 is 45.7. The highest BCUT2D eigenvalue weighted by Gasteiger charge is 2.27. The molecule has 0 aliphatic carbocycles. The zero-order valence-electron chi connectivity index (χ0n) is 14.2. The Bertz CT molecular complexity index is 925. The van der Waals surface area contributed by atoms with Crippen molar-refractivity contribution < 1.29 is 22.3 Å². The van der Waals surface area contributed by atoms with E-state index in [4.69, 9.17) is 4.74 Å². The van der Waals surface area contributed by atoms with Gasteiger partial charge in [0, 0.05) is 18.7 Å². The maximum absolute atomic E-state index is 13.8. The molecule has 6 nitrogen and oxygen atoms in total. The van der Waals surface area contributed by atoms with Crippen LogP contribution in [0, 0.1) is 12.7 Å². The van der Waals surface area contributed by atoms with Gasteiger partial charge in [-0.05, 0) is 42.8 Å². The normalized spacial score (nSPS) is 15.6. The topological polar surface area (TPSA) is 75.7 Å². The monoisotopic (exact) mass is 378 g/mol. The molecule has 3 rings (SSSR count). The van der Waals surface area contributed by atoms with Crippen LogP contribution in [-0.2, 0) is 14.8 Å². The highest BCUT2D eigenvalue weighted by molar-refractivity contribution is 7.89. The molecule has 0 spiro atoms. The fourth-order valence-electron chi connectivity index (χ4n) is 2.66. The summed E-state index contributed by atoms with van der Waals surface area (Å²) in [5.74, 6) is -1.13. The van der Waals surface area contributed by atoms with Crippen molar-refractivity contribution in [1.82, 2.24) is 4.31 Å². The number of carbonyl (C=O) groups is 1. The number of hydrogen-bond acceptors (Lipinski definition) is 4. The second-order valence-corrected chi connectivity index (χ2v) is 7.92. The third-order valence-corrected chi connectivity index (χ3v) is 5.97. The lowest BCUT2D eigenvalue weighted by Crippen LogP contribution is -2.40. The van der Waals surface area contributed by atoms with Gasteiger partial charge in [0.25, 0.3) is 5.91 Å². The molecule has 138 valence electrons. The molecule has 0 unspecified atom stereocenters. The average molecular weight is 378 g/mol. The third-order valence-electron chi connectivity index (χ3n) is 4.07. The van der Waals surface area contributed by atoms with E-state index in [9.17, 15) is 17.6 Å². The van der Waals surface area contributed by atoms with Gasteiger partial charge in [0.05, 0.1) is 23.8 Å². The van der Waals surface area contributed by atoms with Crippen molar-refractivity contribution >= 4 is 21.6 Å². The summed E-state index contributed by atoms with van der Waals surface area (Å²) in [5, 5.41) is 2.48. The van der Waals surface area contributed by atoms with E-state index in [1.54, 1.807) is 13.0 Å². The van der Waals surface area contributed by atoms with E-state index in [0.29, 0.717) is 13.2 Å². The molecule has 2 aromatic rings. The van der Waals surface area contributed by atoms with Crippen LogP contribution in [0.4, 0.5) is 10.1 Å². The summed E-state index contributed by atoms with van der Waals surface area (Å²) in [6.45, 7) is 3.00. The van der Waals surface area contributed by atoms with Crippen LogP contribution in [0.3, 0.4) is 0 Å². The minimum absolute atomic E-state index is 0.0248. The minimum atomic E-state index is -3.71. The van der Waals surface area contributed by atoms with Crippen LogP contribution in [0.25, 0.3) is 0 Å². The molecule has 1 heterocycles. The van der Waals surface area contributed by atoms with Crippen LogP contribution >= 0.6 is 0 Å². The number of anilines is 1. The summed E-state index contributed by atoms with van der Waals surface area (Å²) in [7, 11) is -3.71. The molecule has 1 aliphatic heterocycles. The molecule has 1 amide bonds. The number of amides is 1. The summed E-state index contributed by atoms with van der Waals surface area (Å²) in [5.41, 5.74) is 0.988. The summed E-state index contributed by atoms with van der Waals surface area (Å²) in [6, 6.07) is 10.1. The Morgan fingerprint density at radius 2 is 1.88 bits per heavy atom. The van der Waals surface area contributed by atoms with Gasteiger partial charge in [0.15, 0.2) is 0 Å². The van der Waals surface area contributed by atoms with Crippen molar-refractivity contribution in [3.63, 3.8) is 0 Å². The Kier molecular flexibility index (Phi) is 5.36. The highest BCUT2D eigenvalue weighted by atomic mass is 32.2. The predicted octanol–water partition coefficient (Wildman–Crippen LogP) is 2.41. The van der Waals surface area contributed by atoms with E-state index in [0.717, 1.165) is 5.56 Å². The van der Waals surface area contributed by atoms with Crippen molar-refractivity contribution in [3.8, 4) is 0 Å². The standard InChI is InChI=1S/C18H19FN2O4S/c1-13-5-6-16(19)17(11-13)20-18(22)14-3-2-4-15(12-14)26(23,24)21-7-9-25-10-8-21/h2-6,11-12H,7-10H2,1H3,(H,20,22). The van der Waals surface area contributed by atoms with Crippen molar-refractivity contribution in [1.29, 1.82) is 0 Å². The molecule has 1 N–H and O–H groups in total. The first-order valence-corrected chi connectivity index (χ1v) is 9.57. The van der Waals surface area contributed by atoms with Crippen molar-refractivity contribution in [3.05, 3.63) is 59.4 Å². The van der Waals surface area contributed by atoms with E-state index < -0.39 is 21.7 Å². The Balaban J connectivity index is 1.84. The molecular formula is C18H19FN2O4S. The van der Waals surface area contributed by atoms with Gasteiger partial charge in [0.2, 0.25) is 10.0 Å². The maximum atomic E-state index is 13.8. The second kappa shape index (κ2) is 7.53. The first-order chi connectivity index (χ1) is 12.4. The van der Waals surface area contributed by atoms with Gasteiger partial charge in [-0.1, -0.05) is 12.1 Å². The second-order valence-electron chi connectivity index (χ2n) is 5.98. The molecular weight excluding hydrogens is 359 g/mol. The Morgan fingerprint density at radius 3 is 2.62 bits per heavy atom. The lowest BCUT2D eigenvalue weighted by Gasteiger charge is -2.26. The van der Waals surface area contributed by atoms with Crippen LogP contribution in [0.1, 0.15) is 15.9 Å². The number of ether oxygens (including phenoxy) is 1. The average Bonchev–Trinajstić information content (AvgIpc) is 2.65. The highest BCUT2D eigenvalue weighted by Crippen LogP contribution is 2.20. The largest absolute Gasteiger partial charge is 0.379 e. The van der Waals surface area contributed by atoms with Crippen LogP contribution in [0.2, 0.25) is 0 Å². The summed E-state index contributed by atoms with van der Waals surface area (Å²) >= 11 is 0. The molecule has 8 heteroatoms. The Hall–Kier alpha value is -2.29. The van der Waals surface area contributed by atoms with E-state index >= 15 is 0 Å². The van der Waals surface area contributed by atoms with Gasteiger partial charge in [-0.2, -0.15) is 4.31 Å². The molecule has 0 atom stereocenters. The van der Waals surface area contributed by atoms with Crippen LogP contribution in [0.5, 0.6) is 0 Å². The molecule has 1 aliphatic rings. The van der Waals surface area contributed by atoms with Crippen LogP contribution in [-0.4, -0.2) is 44.9 Å². The lowest BCUT2D eigenvalue weighted by atomic mass is 10.2. The van der Waals surface area contributed by atoms with E-state index in [2.05, 4.69) is 5.32 Å². The number of nitrogens with one attached hydrogen (secondary N) is 1. The van der Waals surface area contributed by atoms with Gasteiger partial charge >= 0.3 is 0 Å². The number of aryl methyl sites for hydroxylation is 1.